The summed E-state index contributed by atoms with van der Waals surface area (Å²) >= 11 is 0. The number of allylic oxidation sites excluding steroid dienone is 2. The van der Waals surface area contributed by atoms with Crippen molar-refractivity contribution in [3.8, 4) is 0 Å². The Bertz CT molecular complexity index is 742. The van der Waals surface area contributed by atoms with Gasteiger partial charge in [0.2, 0.25) is 0 Å². The summed E-state index contributed by atoms with van der Waals surface area (Å²) in [7, 11) is 0. The summed E-state index contributed by atoms with van der Waals surface area (Å²) in [6.07, 6.45) is 1.82. The SMILES string of the molecule is CC(=O)OC1=C(C)C=C(C(=O)c2ccccc2)CC1(C)OC(C)=O. The molecule has 24 heavy (non-hydrogen) atoms. The Morgan fingerprint density at radius 1 is 1.04 bits per heavy atom. The van der Waals surface area contributed by atoms with Crippen molar-refractivity contribution in [2.45, 2.75) is 39.7 Å². The molecule has 1 aromatic rings. The van der Waals surface area contributed by atoms with E-state index in [1.807, 2.05) is 6.07 Å². The van der Waals surface area contributed by atoms with Crippen LogP contribution in [0.25, 0.3) is 0 Å². The lowest BCUT2D eigenvalue weighted by Gasteiger charge is -2.35. The van der Waals surface area contributed by atoms with Crippen molar-refractivity contribution in [1.82, 2.24) is 0 Å². The molecular weight excluding hydrogens is 308 g/mol. The number of ether oxygens (including phenoxy) is 2. The molecule has 0 N–H and O–H groups in total. The van der Waals surface area contributed by atoms with Crippen molar-refractivity contribution in [3.63, 3.8) is 0 Å². The van der Waals surface area contributed by atoms with Crippen LogP contribution in [0.1, 0.15) is 44.5 Å². The van der Waals surface area contributed by atoms with Gasteiger partial charge in [0.05, 0.1) is 0 Å². The third kappa shape index (κ3) is 3.79. The number of hydrogen-bond acceptors (Lipinski definition) is 5. The second kappa shape index (κ2) is 6.83. The number of Topliss-reactive ketones (excluding diaryl/α,β-unsaturated/α-hetero) is 1. The highest BCUT2D eigenvalue weighted by atomic mass is 16.6. The van der Waals surface area contributed by atoms with Gasteiger partial charge >= 0.3 is 11.9 Å². The molecule has 0 spiro atoms. The highest BCUT2D eigenvalue weighted by Crippen LogP contribution is 2.38. The molecule has 0 aliphatic heterocycles. The van der Waals surface area contributed by atoms with Crippen molar-refractivity contribution in [2.75, 3.05) is 0 Å². The summed E-state index contributed by atoms with van der Waals surface area (Å²) in [6.45, 7) is 5.92. The Labute approximate surface area is 141 Å². The largest absolute Gasteiger partial charge is 0.451 e. The molecule has 1 aliphatic carbocycles. The fraction of sp³-hybridized carbons (Fsp3) is 0.316. The number of carbonyl (C=O) groups is 3. The van der Waals surface area contributed by atoms with E-state index in [2.05, 4.69) is 0 Å². The summed E-state index contributed by atoms with van der Waals surface area (Å²) in [5.74, 6) is -0.901. The Morgan fingerprint density at radius 3 is 2.21 bits per heavy atom. The quantitative estimate of drug-likeness (QED) is 0.626. The molecule has 0 fully saturated rings. The molecular formula is C19H20O5. The van der Waals surface area contributed by atoms with E-state index in [-0.39, 0.29) is 18.0 Å². The average Bonchev–Trinajstić information content (AvgIpc) is 2.50. The molecule has 0 aromatic heterocycles. The van der Waals surface area contributed by atoms with Crippen molar-refractivity contribution in [1.29, 1.82) is 0 Å². The molecule has 126 valence electrons. The third-order valence-electron chi connectivity index (χ3n) is 3.70. The molecule has 2 rings (SSSR count). The Kier molecular flexibility index (Phi) is 5.02. The van der Waals surface area contributed by atoms with Crippen LogP contribution in [0.15, 0.2) is 53.3 Å². The van der Waals surface area contributed by atoms with Gasteiger partial charge in [0.25, 0.3) is 0 Å². The van der Waals surface area contributed by atoms with Crippen molar-refractivity contribution >= 4 is 17.7 Å². The zero-order valence-electron chi connectivity index (χ0n) is 14.2. The molecule has 0 heterocycles. The molecule has 5 nitrogen and oxygen atoms in total. The molecule has 0 amide bonds. The third-order valence-corrected chi connectivity index (χ3v) is 3.70. The molecule has 0 saturated carbocycles. The monoisotopic (exact) mass is 328 g/mol. The van der Waals surface area contributed by atoms with Crippen LogP contribution < -0.4 is 0 Å². The Hall–Kier alpha value is -2.69. The van der Waals surface area contributed by atoms with Crippen LogP contribution in [-0.4, -0.2) is 23.3 Å². The maximum absolute atomic E-state index is 12.7. The maximum Gasteiger partial charge on any atom is 0.307 e. The fourth-order valence-electron chi connectivity index (χ4n) is 2.89. The minimum Gasteiger partial charge on any atom is -0.451 e. The second-order valence-electron chi connectivity index (χ2n) is 5.97. The number of esters is 2. The predicted octanol–water partition coefficient (Wildman–Crippen LogP) is 3.36. The van der Waals surface area contributed by atoms with E-state index in [9.17, 15) is 14.4 Å². The first-order valence-corrected chi connectivity index (χ1v) is 7.62. The van der Waals surface area contributed by atoms with Crippen LogP contribution >= 0.6 is 0 Å². The van der Waals surface area contributed by atoms with E-state index in [1.165, 1.54) is 13.8 Å². The van der Waals surface area contributed by atoms with E-state index in [1.54, 1.807) is 44.2 Å². The van der Waals surface area contributed by atoms with Crippen LogP contribution in [-0.2, 0) is 19.1 Å². The molecule has 1 aromatic carbocycles. The molecule has 0 saturated heterocycles. The number of benzene rings is 1. The van der Waals surface area contributed by atoms with Gasteiger partial charge in [-0.2, -0.15) is 0 Å². The molecule has 0 bridgehead atoms. The van der Waals surface area contributed by atoms with E-state index in [4.69, 9.17) is 9.47 Å². The minimum atomic E-state index is -1.20. The lowest BCUT2D eigenvalue weighted by molar-refractivity contribution is -0.159. The zero-order chi connectivity index (χ0) is 17.9. The minimum absolute atomic E-state index is 0.139. The highest BCUT2D eigenvalue weighted by Gasteiger charge is 2.41. The Morgan fingerprint density at radius 2 is 1.67 bits per heavy atom. The van der Waals surface area contributed by atoms with Gasteiger partial charge < -0.3 is 9.47 Å². The highest BCUT2D eigenvalue weighted by molar-refractivity contribution is 6.09. The van der Waals surface area contributed by atoms with Crippen LogP contribution in [0, 0.1) is 0 Å². The number of carbonyl (C=O) groups excluding carboxylic acids is 3. The van der Waals surface area contributed by atoms with Crippen LogP contribution in [0.4, 0.5) is 0 Å². The average molecular weight is 328 g/mol. The van der Waals surface area contributed by atoms with Gasteiger partial charge in [-0.15, -0.1) is 0 Å². The van der Waals surface area contributed by atoms with E-state index < -0.39 is 17.5 Å². The number of hydrogen-bond donors (Lipinski definition) is 0. The van der Waals surface area contributed by atoms with E-state index in [0.717, 1.165) is 0 Å². The Balaban J connectivity index is 2.46. The second-order valence-corrected chi connectivity index (χ2v) is 5.97. The summed E-state index contributed by atoms with van der Waals surface area (Å²) < 4.78 is 10.7. The molecule has 1 unspecified atom stereocenters. The summed E-state index contributed by atoms with van der Waals surface area (Å²) in [5.41, 5.74) is 0.436. The summed E-state index contributed by atoms with van der Waals surface area (Å²) in [4.78, 5) is 35.6. The molecule has 0 radical (unpaired) electrons. The summed E-state index contributed by atoms with van der Waals surface area (Å²) in [6, 6.07) is 8.86. The van der Waals surface area contributed by atoms with Crippen molar-refractivity contribution in [2.24, 2.45) is 0 Å². The topological polar surface area (TPSA) is 69.7 Å². The van der Waals surface area contributed by atoms with E-state index >= 15 is 0 Å². The van der Waals surface area contributed by atoms with Gasteiger partial charge in [0.15, 0.2) is 17.1 Å². The lowest BCUT2D eigenvalue weighted by atomic mass is 9.83. The normalized spacial score (nSPS) is 20.2. The van der Waals surface area contributed by atoms with Crippen LogP contribution in [0.3, 0.4) is 0 Å². The number of ketones is 1. The zero-order valence-corrected chi connectivity index (χ0v) is 14.2. The molecule has 5 heteroatoms. The van der Waals surface area contributed by atoms with Gasteiger partial charge in [0.1, 0.15) is 0 Å². The lowest BCUT2D eigenvalue weighted by Crippen LogP contribution is -2.39. The smallest absolute Gasteiger partial charge is 0.307 e. The van der Waals surface area contributed by atoms with Crippen molar-refractivity contribution in [3.05, 3.63) is 58.9 Å². The first-order chi connectivity index (χ1) is 11.2. The van der Waals surface area contributed by atoms with E-state index in [0.29, 0.717) is 16.7 Å². The van der Waals surface area contributed by atoms with Gasteiger partial charge in [-0.25, -0.2) is 0 Å². The van der Waals surface area contributed by atoms with Gasteiger partial charge in [-0.05, 0) is 25.5 Å². The first-order valence-electron chi connectivity index (χ1n) is 7.62. The van der Waals surface area contributed by atoms with Gasteiger partial charge in [0, 0.05) is 31.4 Å². The van der Waals surface area contributed by atoms with Crippen molar-refractivity contribution < 1.29 is 23.9 Å². The molecule has 1 aliphatic rings. The fourth-order valence-corrected chi connectivity index (χ4v) is 2.89. The first kappa shape index (κ1) is 17.7. The van der Waals surface area contributed by atoms with Crippen LogP contribution in [0.2, 0.25) is 0 Å². The van der Waals surface area contributed by atoms with Gasteiger partial charge in [-0.1, -0.05) is 30.3 Å². The maximum atomic E-state index is 12.7. The van der Waals surface area contributed by atoms with Gasteiger partial charge in [-0.3, -0.25) is 14.4 Å². The van der Waals surface area contributed by atoms with Crippen LogP contribution in [0.5, 0.6) is 0 Å². The number of rotatable bonds is 4. The summed E-state index contributed by atoms with van der Waals surface area (Å²) in [5, 5.41) is 0. The standard InChI is InChI=1S/C19H20O5/c1-12-10-16(17(22)15-8-6-5-7-9-15)11-19(4,24-14(3)21)18(12)23-13(2)20/h5-10H,11H2,1-4H3. The predicted molar refractivity (Wildman–Crippen MR) is 88.1 cm³/mol. The molecule has 1 atom stereocenters.